The van der Waals surface area contributed by atoms with E-state index in [1.54, 1.807) is 11.1 Å². The second-order valence-corrected chi connectivity index (χ2v) is 7.00. The zero-order valence-electron chi connectivity index (χ0n) is 14.1. The lowest BCUT2D eigenvalue weighted by Gasteiger charge is -2.28. The molecule has 1 saturated carbocycles. The number of hydrogen-bond acceptors (Lipinski definition) is 4. The quantitative estimate of drug-likeness (QED) is 0.766. The Kier molecular flexibility index (Phi) is 5.28. The molecule has 1 aromatic heterocycles. The van der Waals surface area contributed by atoms with Crippen molar-refractivity contribution in [2.75, 3.05) is 33.8 Å². The Morgan fingerprint density at radius 2 is 2.22 bits per heavy atom. The molecule has 126 valence electrons. The number of likely N-dealkylation sites (N-methyl/N-ethyl adjacent to an activating group) is 1. The van der Waals surface area contributed by atoms with E-state index >= 15 is 0 Å². The first-order valence-electron chi connectivity index (χ1n) is 8.58. The highest BCUT2D eigenvalue weighted by atomic mass is 16.5. The van der Waals surface area contributed by atoms with Crippen molar-refractivity contribution in [1.29, 1.82) is 0 Å². The Bertz CT molecular complexity index is 516. The summed E-state index contributed by atoms with van der Waals surface area (Å²) in [5.41, 5.74) is 1.21. The molecule has 3 rings (SSSR count). The Labute approximate surface area is 138 Å². The molecule has 0 aromatic carbocycles. The van der Waals surface area contributed by atoms with E-state index in [0.29, 0.717) is 6.54 Å². The van der Waals surface area contributed by atoms with Crippen molar-refractivity contribution >= 4 is 5.91 Å². The highest BCUT2D eigenvalue weighted by Crippen LogP contribution is 2.31. The van der Waals surface area contributed by atoms with Crippen LogP contribution in [0.4, 0.5) is 0 Å². The topological polar surface area (TPSA) is 45.7 Å². The number of hydrogen-bond donors (Lipinski definition) is 0. The van der Waals surface area contributed by atoms with Gasteiger partial charge < -0.3 is 9.64 Å². The smallest absolute Gasteiger partial charge is 0.236 e. The third-order valence-electron chi connectivity index (χ3n) is 4.85. The van der Waals surface area contributed by atoms with Crippen LogP contribution >= 0.6 is 0 Å². The summed E-state index contributed by atoms with van der Waals surface area (Å²) in [6.07, 6.45) is 8.47. The maximum atomic E-state index is 12.1. The zero-order valence-corrected chi connectivity index (χ0v) is 14.1. The minimum Gasteiger partial charge on any atom is -0.376 e. The molecule has 0 bridgehead atoms. The molecule has 2 atom stereocenters. The maximum Gasteiger partial charge on any atom is 0.236 e. The highest BCUT2D eigenvalue weighted by molar-refractivity contribution is 5.77. The van der Waals surface area contributed by atoms with Crippen molar-refractivity contribution in [1.82, 2.24) is 14.8 Å². The van der Waals surface area contributed by atoms with Crippen LogP contribution < -0.4 is 0 Å². The van der Waals surface area contributed by atoms with Crippen molar-refractivity contribution in [2.24, 2.45) is 5.92 Å². The van der Waals surface area contributed by atoms with Gasteiger partial charge in [-0.15, -0.1) is 0 Å². The van der Waals surface area contributed by atoms with E-state index in [-0.39, 0.29) is 18.1 Å². The predicted octanol–water partition coefficient (Wildman–Crippen LogP) is 1.58. The first kappa shape index (κ1) is 16.4. The van der Waals surface area contributed by atoms with Gasteiger partial charge in [0, 0.05) is 45.7 Å². The Balaban J connectivity index is 1.65. The summed E-state index contributed by atoms with van der Waals surface area (Å²) in [5.74, 6) is 0.926. The maximum absolute atomic E-state index is 12.1. The molecule has 5 heteroatoms. The van der Waals surface area contributed by atoms with Crippen LogP contribution in [0.3, 0.4) is 0 Å². The van der Waals surface area contributed by atoms with Crippen molar-refractivity contribution in [3.63, 3.8) is 0 Å². The molecule has 2 heterocycles. The lowest BCUT2D eigenvalue weighted by atomic mass is 10.0. The fraction of sp³-hybridized carbons (Fsp3) is 0.667. The van der Waals surface area contributed by atoms with Crippen LogP contribution in [0, 0.1) is 5.92 Å². The molecular weight excluding hydrogens is 290 g/mol. The number of likely N-dealkylation sites (tertiary alicyclic amines) is 1. The minimum absolute atomic E-state index is 0.157. The third kappa shape index (κ3) is 4.52. The standard InChI is InChI=1S/C18H27N3O2/c1-20(2)18(22)12-21-9-7-17(23-13-14-5-6-14)16(21)10-15-4-3-8-19-11-15/h3-4,8,11,14,16-17H,5-7,9-10,12-13H2,1-2H3/t16-,17-/m0/s1. The molecule has 1 aliphatic carbocycles. The number of amides is 1. The summed E-state index contributed by atoms with van der Waals surface area (Å²) < 4.78 is 6.20. The van der Waals surface area contributed by atoms with Crippen molar-refractivity contribution in [3.8, 4) is 0 Å². The average molecular weight is 317 g/mol. The summed E-state index contributed by atoms with van der Waals surface area (Å²) in [6.45, 7) is 2.28. The number of pyridine rings is 1. The molecule has 2 aliphatic rings. The van der Waals surface area contributed by atoms with Gasteiger partial charge in [-0.1, -0.05) is 6.07 Å². The molecule has 0 radical (unpaired) electrons. The van der Waals surface area contributed by atoms with Crippen LogP contribution in [0.25, 0.3) is 0 Å². The van der Waals surface area contributed by atoms with Crippen molar-refractivity contribution < 1.29 is 9.53 Å². The third-order valence-corrected chi connectivity index (χ3v) is 4.85. The molecule has 23 heavy (non-hydrogen) atoms. The number of rotatable bonds is 7. The zero-order chi connectivity index (χ0) is 16.2. The molecule has 0 spiro atoms. The van der Waals surface area contributed by atoms with Gasteiger partial charge in [-0.2, -0.15) is 0 Å². The van der Waals surface area contributed by atoms with Crippen LogP contribution in [-0.4, -0.2) is 66.6 Å². The van der Waals surface area contributed by atoms with Crippen LogP contribution in [0.15, 0.2) is 24.5 Å². The first-order chi connectivity index (χ1) is 11.1. The lowest BCUT2D eigenvalue weighted by molar-refractivity contribution is -0.130. The van der Waals surface area contributed by atoms with Gasteiger partial charge in [-0.3, -0.25) is 14.7 Å². The fourth-order valence-corrected chi connectivity index (χ4v) is 3.16. The molecule has 1 aliphatic heterocycles. The summed E-state index contributed by atoms with van der Waals surface area (Å²) in [5, 5.41) is 0. The number of carbonyl (C=O) groups is 1. The number of aromatic nitrogens is 1. The summed E-state index contributed by atoms with van der Waals surface area (Å²) >= 11 is 0. The van der Waals surface area contributed by atoms with Crippen LogP contribution in [-0.2, 0) is 16.0 Å². The van der Waals surface area contributed by atoms with Gasteiger partial charge in [-0.05, 0) is 43.2 Å². The van der Waals surface area contributed by atoms with E-state index in [9.17, 15) is 4.79 Å². The molecule has 1 aromatic rings. The molecule has 0 N–H and O–H groups in total. The van der Waals surface area contributed by atoms with Crippen LogP contribution in [0.5, 0.6) is 0 Å². The number of ether oxygens (including phenoxy) is 1. The molecule has 0 unspecified atom stereocenters. The summed E-state index contributed by atoms with van der Waals surface area (Å²) in [4.78, 5) is 20.3. The summed E-state index contributed by atoms with van der Waals surface area (Å²) in [7, 11) is 3.63. The van der Waals surface area contributed by atoms with Crippen LogP contribution in [0.1, 0.15) is 24.8 Å². The molecular formula is C18H27N3O2. The first-order valence-corrected chi connectivity index (χ1v) is 8.58. The van der Waals surface area contributed by atoms with Crippen molar-refractivity contribution in [2.45, 2.75) is 37.8 Å². The predicted molar refractivity (Wildman–Crippen MR) is 89.1 cm³/mol. The van der Waals surface area contributed by atoms with Gasteiger partial charge in [0.25, 0.3) is 0 Å². The van der Waals surface area contributed by atoms with E-state index in [4.69, 9.17) is 4.74 Å². The summed E-state index contributed by atoms with van der Waals surface area (Å²) in [6, 6.07) is 4.34. The second-order valence-electron chi connectivity index (χ2n) is 7.00. The van der Waals surface area contributed by atoms with E-state index in [1.165, 1.54) is 18.4 Å². The van der Waals surface area contributed by atoms with Gasteiger partial charge in [0.1, 0.15) is 0 Å². The minimum atomic E-state index is 0.157. The molecule has 1 amide bonds. The van der Waals surface area contributed by atoms with Gasteiger partial charge >= 0.3 is 0 Å². The molecule has 2 fully saturated rings. The van der Waals surface area contributed by atoms with Crippen molar-refractivity contribution in [3.05, 3.63) is 30.1 Å². The SMILES string of the molecule is CN(C)C(=O)CN1CC[C@H](OCC2CC2)[C@@H]1Cc1cccnc1. The average Bonchev–Trinajstić information content (AvgIpc) is 3.31. The molecule has 5 nitrogen and oxygen atoms in total. The fourth-order valence-electron chi connectivity index (χ4n) is 3.16. The number of nitrogens with zero attached hydrogens (tertiary/aromatic N) is 3. The number of carbonyl (C=O) groups excluding carboxylic acids is 1. The van der Waals surface area contributed by atoms with Gasteiger partial charge in [0.15, 0.2) is 0 Å². The van der Waals surface area contributed by atoms with E-state index in [1.807, 2.05) is 26.4 Å². The van der Waals surface area contributed by atoms with Gasteiger partial charge in [0.2, 0.25) is 5.91 Å². The Morgan fingerprint density at radius 3 is 2.87 bits per heavy atom. The second kappa shape index (κ2) is 7.41. The normalized spacial score (nSPS) is 24.8. The van der Waals surface area contributed by atoms with Crippen LogP contribution in [0.2, 0.25) is 0 Å². The highest BCUT2D eigenvalue weighted by Gasteiger charge is 2.37. The van der Waals surface area contributed by atoms with Gasteiger partial charge in [0.05, 0.1) is 12.6 Å². The monoisotopic (exact) mass is 317 g/mol. The molecule has 1 saturated heterocycles. The largest absolute Gasteiger partial charge is 0.376 e. The van der Waals surface area contributed by atoms with E-state index < -0.39 is 0 Å². The van der Waals surface area contributed by atoms with E-state index in [0.717, 1.165) is 31.9 Å². The Hall–Kier alpha value is -1.46. The van der Waals surface area contributed by atoms with E-state index in [2.05, 4.69) is 16.0 Å². The van der Waals surface area contributed by atoms with Gasteiger partial charge in [-0.25, -0.2) is 0 Å². The lowest BCUT2D eigenvalue weighted by Crippen LogP contribution is -2.43. The Morgan fingerprint density at radius 1 is 1.39 bits per heavy atom.